The number of hydrogen-bond acceptors (Lipinski definition) is 3. The largest absolute Gasteiger partial charge is 0.477 e. The first kappa shape index (κ1) is 16.7. The highest BCUT2D eigenvalue weighted by Crippen LogP contribution is 2.17. The summed E-state index contributed by atoms with van der Waals surface area (Å²) in [5.41, 5.74) is 0. The van der Waals surface area contributed by atoms with Crippen LogP contribution in [0.2, 0.25) is 0 Å². The van der Waals surface area contributed by atoms with Crippen molar-refractivity contribution in [2.24, 2.45) is 0 Å². The summed E-state index contributed by atoms with van der Waals surface area (Å²) in [4.78, 5) is 12.3. The van der Waals surface area contributed by atoms with Crippen LogP contribution < -0.4 is 0 Å². The molecule has 1 rings (SSSR count). The average molecular weight is 349 g/mol. The first-order valence-electron chi connectivity index (χ1n) is 6.69. The molecule has 5 heteroatoms. The van der Waals surface area contributed by atoms with Crippen LogP contribution in [0.3, 0.4) is 0 Å². The second-order valence-electron chi connectivity index (χ2n) is 4.39. The van der Waals surface area contributed by atoms with Crippen molar-refractivity contribution in [3.8, 4) is 0 Å². The highest BCUT2D eigenvalue weighted by Gasteiger charge is 2.06. The van der Waals surface area contributed by atoms with Crippen molar-refractivity contribution in [2.45, 2.75) is 38.5 Å². The minimum atomic E-state index is -0.837. The second-order valence-corrected chi connectivity index (χ2v) is 6.35. The molecule has 0 unspecified atom stereocenters. The SMILES string of the molecule is O=C(O)c1ccc(CCCOCCCCCCBr)s1. The van der Waals surface area contributed by atoms with Crippen LogP contribution in [0.25, 0.3) is 0 Å². The van der Waals surface area contributed by atoms with Gasteiger partial charge in [-0.25, -0.2) is 4.79 Å². The molecule has 1 aromatic rings. The van der Waals surface area contributed by atoms with E-state index >= 15 is 0 Å². The number of unbranched alkanes of at least 4 members (excludes halogenated alkanes) is 3. The number of aromatic carboxylic acids is 1. The number of carbonyl (C=O) groups is 1. The number of thiophene rings is 1. The number of aryl methyl sites for hydroxylation is 1. The molecule has 1 heterocycles. The number of carboxylic acids is 1. The number of halogens is 1. The molecule has 0 fully saturated rings. The Kier molecular flexibility index (Phi) is 9.12. The van der Waals surface area contributed by atoms with Crippen LogP contribution in [0.15, 0.2) is 12.1 Å². The molecule has 3 nitrogen and oxygen atoms in total. The summed E-state index contributed by atoms with van der Waals surface area (Å²) in [6, 6.07) is 3.57. The molecule has 0 saturated carbocycles. The predicted molar refractivity (Wildman–Crippen MR) is 82.7 cm³/mol. The summed E-state index contributed by atoms with van der Waals surface area (Å²) in [5, 5.41) is 9.90. The van der Waals surface area contributed by atoms with Crippen LogP contribution in [0.1, 0.15) is 46.7 Å². The van der Waals surface area contributed by atoms with Gasteiger partial charge in [-0.2, -0.15) is 0 Å². The molecular weight excluding hydrogens is 328 g/mol. The lowest BCUT2D eigenvalue weighted by molar-refractivity contribution is 0.0702. The normalized spacial score (nSPS) is 10.8. The summed E-state index contributed by atoms with van der Waals surface area (Å²) in [7, 11) is 0. The van der Waals surface area contributed by atoms with E-state index in [1.165, 1.54) is 30.6 Å². The van der Waals surface area contributed by atoms with Gasteiger partial charge in [0.1, 0.15) is 4.88 Å². The van der Waals surface area contributed by atoms with Crippen LogP contribution in [0.4, 0.5) is 0 Å². The van der Waals surface area contributed by atoms with E-state index in [9.17, 15) is 4.79 Å². The number of alkyl halides is 1. The Bertz CT molecular complexity index is 365. The van der Waals surface area contributed by atoms with Crippen molar-refractivity contribution in [3.05, 3.63) is 21.9 Å². The molecular formula is C14H21BrO3S. The van der Waals surface area contributed by atoms with Crippen molar-refractivity contribution in [1.29, 1.82) is 0 Å². The van der Waals surface area contributed by atoms with E-state index in [1.54, 1.807) is 6.07 Å². The maximum absolute atomic E-state index is 10.7. The average Bonchev–Trinajstić information content (AvgIpc) is 2.86. The molecule has 0 saturated heterocycles. The standard InChI is InChI=1S/C14H21BrO3S/c15-9-3-1-2-4-10-18-11-5-6-12-7-8-13(19-12)14(16)17/h7-8H,1-6,9-11H2,(H,16,17). The molecule has 108 valence electrons. The fourth-order valence-electron chi connectivity index (χ4n) is 1.73. The summed E-state index contributed by atoms with van der Waals surface area (Å²) in [6.45, 7) is 1.60. The van der Waals surface area contributed by atoms with E-state index in [2.05, 4.69) is 15.9 Å². The van der Waals surface area contributed by atoms with Gasteiger partial charge in [-0.3, -0.25) is 0 Å². The second kappa shape index (κ2) is 10.4. The lowest BCUT2D eigenvalue weighted by atomic mass is 10.2. The molecule has 19 heavy (non-hydrogen) atoms. The van der Waals surface area contributed by atoms with Crippen LogP contribution in [0.5, 0.6) is 0 Å². The summed E-state index contributed by atoms with van der Waals surface area (Å²) >= 11 is 4.78. The van der Waals surface area contributed by atoms with Gasteiger partial charge in [-0.05, 0) is 37.8 Å². The fraction of sp³-hybridized carbons (Fsp3) is 0.643. The molecule has 1 N–H and O–H groups in total. The minimum absolute atomic E-state index is 0.419. The summed E-state index contributed by atoms with van der Waals surface area (Å²) in [5.74, 6) is -0.837. The number of rotatable bonds is 11. The summed E-state index contributed by atoms with van der Waals surface area (Å²) in [6.07, 6.45) is 6.74. The first-order chi connectivity index (χ1) is 9.24. The Hall–Kier alpha value is -0.390. The number of carboxylic acid groups (broad SMARTS) is 1. The molecule has 0 bridgehead atoms. The molecule has 0 aliphatic rings. The molecule has 1 aromatic heterocycles. The van der Waals surface area contributed by atoms with Gasteiger partial charge >= 0.3 is 5.97 Å². The van der Waals surface area contributed by atoms with E-state index in [4.69, 9.17) is 9.84 Å². The van der Waals surface area contributed by atoms with Crippen molar-refractivity contribution < 1.29 is 14.6 Å². The predicted octanol–water partition coefficient (Wildman–Crippen LogP) is 4.35. The molecule has 0 aromatic carbocycles. The van der Waals surface area contributed by atoms with E-state index in [1.807, 2.05) is 6.07 Å². The van der Waals surface area contributed by atoms with Crippen LogP contribution in [0, 0.1) is 0 Å². The highest BCUT2D eigenvalue weighted by molar-refractivity contribution is 9.09. The Morgan fingerprint density at radius 2 is 1.89 bits per heavy atom. The lowest BCUT2D eigenvalue weighted by Crippen LogP contribution is -1.98. The Labute approximate surface area is 127 Å². The van der Waals surface area contributed by atoms with Gasteiger partial charge in [0.15, 0.2) is 0 Å². The van der Waals surface area contributed by atoms with E-state index in [0.29, 0.717) is 4.88 Å². The quantitative estimate of drug-likeness (QED) is 0.477. The molecule has 0 radical (unpaired) electrons. The Balaban J connectivity index is 1.97. The van der Waals surface area contributed by atoms with Crippen molar-refractivity contribution >= 4 is 33.2 Å². The molecule has 0 atom stereocenters. The van der Waals surface area contributed by atoms with E-state index in [-0.39, 0.29) is 0 Å². The summed E-state index contributed by atoms with van der Waals surface area (Å²) < 4.78 is 5.57. The van der Waals surface area contributed by atoms with Crippen molar-refractivity contribution in [3.63, 3.8) is 0 Å². The van der Waals surface area contributed by atoms with Gasteiger partial charge in [0.25, 0.3) is 0 Å². The van der Waals surface area contributed by atoms with E-state index < -0.39 is 5.97 Å². The highest BCUT2D eigenvalue weighted by atomic mass is 79.9. The number of ether oxygens (including phenoxy) is 1. The van der Waals surface area contributed by atoms with Crippen LogP contribution in [-0.2, 0) is 11.2 Å². The molecule has 0 aliphatic carbocycles. The van der Waals surface area contributed by atoms with Gasteiger partial charge in [-0.15, -0.1) is 11.3 Å². The topological polar surface area (TPSA) is 46.5 Å². The molecule has 0 spiro atoms. The van der Waals surface area contributed by atoms with Crippen LogP contribution >= 0.6 is 27.3 Å². The zero-order valence-electron chi connectivity index (χ0n) is 11.1. The van der Waals surface area contributed by atoms with Crippen molar-refractivity contribution in [2.75, 3.05) is 18.5 Å². The van der Waals surface area contributed by atoms with Gasteiger partial charge < -0.3 is 9.84 Å². The fourth-order valence-corrected chi connectivity index (χ4v) is 3.01. The number of hydrogen-bond donors (Lipinski definition) is 1. The van der Waals surface area contributed by atoms with Gasteiger partial charge in [0, 0.05) is 23.4 Å². The Morgan fingerprint density at radius 3 is 2.58 bits per heavy atom. The molecule has 0 amide bonds. The monoisotopic (exact) mass is 348 g/mol. The lowest BCUT2D eigenvalue weighted by Gasteiger charge is -2.03. The Morgan fingerprint density at radius 1 is 1.16 bits per heavy atom. The third-order valence-corrected chi connectivity index (χ3v) is 4.45. The van der Waals surface area contributed by atoms with Crippen LogP contribution in [-0.4, -0.2) is 29.6 Å². The third-order valence-electron chi connectivity index (χ3n) is 2.76. The van der Waals surface area contributed by atoms with Gasteiger partial charge in [0.05, 0.1) is 0 Å². The zero-order valence-corrected chi connectivity index (χ0v) is 13.5. The third kappa shape index (κ3) is 7.70. The minimum Gasteiger partial charge on any atom is -0.477 e. The maximum atomic E-state index is 10.7. The van der Waals surface area contributed by atoms with E-state index in [0.717, 1.165) is 42.7 Å². The molecule has 0 aliphatic heterocycles. The smallest absolute Gasteiger partial charge is 0.345 e. The van der Waals surface area contributed by atoms with Gasteiger partial charge in [-0.1, -0.05) is 28.8 Å². The first-order valence-corrected chi connectivity index (χ1v) is 8.63. The van der Waals surface area contributed by atoms with Crippen molar-refractivity contribution in [1.82, 2.24) is 0 Å². The van der Waals surface area contributed by atoms with Gasteiger partial charge in [0.2, 0.25) is 0 Å². The zero-order chi connectivity index (χ0) is 13.9. The maximum Gasteiger partial charge on any atom is 0.345 e.